The summed E-state index contributed by atoms with van der Waals surface area (Å²) in [5, 5.41) is 10.4. The lowest BCUT2D eigenvalue weighted by Crippen LogP contribution is -2.14. The Morgan fingerprint density at radius 2 is 1.88 bits per heavy atom. The number of alkyl halides is 3. The van der Waals surface area contributed by atoms with Crippen LogP contribution in [0.15, 0.2) is 47.4 Å². The molecule has 1 unspecified atom stereocenters. The van der Waals surface area contributed by atoms with Crippen molar-refractivity contribution in [3.05, 3.63) is 58.9 Å². The summed E-state index contributed by atoms with van der Waals surface area (Å²) in [6, 6.07) is 10.8. The normalized spacial score (nSPS) is 13.3. The van der Waals surface area contributed by atoms with Gasteiger partial charge in [-0.2, -0.15) is 13.2 Å². The van der Waals surface area contributed by atoms with Gasteiger partial charge in [0.25, 0.3) is 0 Å². The quantitative estimate of drug-likeness (QED) is 0.584. The number of aliphatic hydroxyl groups is 1. The molecule has 3 rings (SSSR count). The fraction of sp³-hybridized carbons (Fsp3) is 0.278. The third-order valence-electron chi connectivity index (χ3n) is 3.78. The second-order valence-electron chi connectivity index (χ2n) is 5.93. The first-order valence-corrected chi connectivity index (χ1v) is 9.23. The third kappa shape index (κ3) is 4.34. The molecule has 26 heavy (non-hydrogen) atoms. The van der Waals surface area contributed by atoms with Gasteiger partial charge in [-0.25, -0.2) is 4.98 Å². The lowest BCUT2D eigenvalue weighted by Gasteiger charge is -2.11. The molecular formula is C18H16ClF3N2OS. The van der Waals surface area contributed by atoms with Gasteiger partial charge in [0.05, 0.1) is 35.0 Å². The Kier molecular flexibility index (Phi) is 5.50. The van der Waals surface area contributed by atoms with Crippen LogP contribution in [0.3, 0.4) is 0 Å². The highest BCUT2D eigenvalue weighted by atomic mass is 35.5. The highest BCUT2D eigenvalue weighted by Crippen LogP contribution is 2.32. The minimum atomic E-state index is -4.42. The molecule has 0 radical (unpaired) electrons. The standard InChI is InChI=1S/C18H16ClF3N2OS/c1-11(25)9-24-16-7-2-12(18(20,21)22)8-15(16)23-17(24)10-26-14-5-3-13(19)4-6-14/h2-8,11,25H,9-10H2,1H3. The summed E-state index contributed by atoms with van der Waals surface area (Å²) in [5.74, 6) is 1.07. The molecule has 1 aromatic heterocycles. The Labute approximate surface area is 157 Å². The predicted octanol–water partition coefficient (Wildman–Crippen LogP) is 5.38. The van der Waals surface area contributed by atoms with Crippen LogP contribution >= 0.6 is 23.4 Å². The topological polar surface area (TPSA) is 38.0 Å². The third-order valence-corrected chi connectivity index (χ3v) is 5.04. The number of rotatable bonds is 5. The Hall–Kier alpha value is -1.70. The highest BCUT2D eigenvalue weighted by molar-refractivity contribution is 7.98. The molecule has 0 aliphatic rings. The fourth-order valence-corrected chi connectivity index (χ4v) is 3.58. The molecule has 0 saturated heterocycles. The first-order valence-electron chi connectivity index (χ1n) is 7.87. The van der Waals surface area contributed by atoms with Gasteiger partial charge in [0, 0.05) is 9.92 Å². The van der Waals surface area contributed by atoms with Crippen LogP contribution in [0.5, 0.6) is 0 Å². The van der Waals surface area contributed by atoms with Crippen LogP contribution in [0.25, 0.3) is 11.0 Å². The van der Waals surface area contributed by atoms with Crippen LogP contribution in [0.4, 0.5) is 13.2 Å². The number of benzene rings is 2. The summed E-state index contributed by atoms with van der Waals surface area (Å²) >= 11 is 7.37. The minimum Gasteiger partial charge on any atom is -0.392 e. The fourth-order valence-electron chi connectivity index (χ4n) is 2.61. The maximum atomic E-state index is 12.9. The number of hydrogen-bond acceptors (Lipinski definition) is 3. The van der Waals surface area contributed by atoms with E-state index in [1.165, 1.54) is 17.8 Å². The van der Waals surface area contributed by atoms with Gasteiger partial charge >= 0.3 is 6.18 Å². The van der Waals surface area contributed by atoms with Crippen molar-refractivity contribution in [1.82, 2.24) is 9.55 Å². The lowest BCUT2D eigenvalue weighted by molar-refractivity contribution is -0.137. The smallest absolute Gasteiger partial charge is 0.392 e. The van der Waals surface area contributed by atoms with Gasteiger partial charge < -0.3 is 9.67 Å². The van der Waals surface area contributed by atoms with Crippen LogP contribution in [0.2, 0.25) is 5.02 Å². The SMILES string of the molecule is CC(O)Cn1c(CSc2ccc(Cl)cc2)nc2cc(C(F)(F)F)ccc21. The maximum absolute atomic E-state index is 12.9. The van der Waals surface area contributed by atoms with Crippen molar-refractivity contribution in [2.45, 2.75) is 36.4 Å². The highest BCUT2D eigenvalue weighted by Gasteiger charge is 2.31. The Bertz CT molecular complexity index is 907. The number of aromatic nitrogens is 2. The first kappa shape index (κ1) is 19.1. The molecule has 0 aliphatic carbocycles. The molecular weight excluding hydrogens is 385 g/mol. The van der Waals surface area contributed by atoms with E-state index in [0.717, 1.165) is 17.0 Å². The van der Waals surface area contributed by atoms with Crippen molar-refractivity contribution in [2.24, 2.45) is 0 Å². The summed E-state index contributed by atoms with van der Waals surface area (Å²) < 4.78 is 40.6. The number of halogens is 4. The molecule has 1 atom stereocenters. The van der Waals surface area contributed by atoms with Crippen molar-refractivity contribution in [3.8, 4) is 0 Å². The second kappa shape index (κ2) is 7.50. The van der Waals surface area contributed by atoms with E-state index >= 15 is 0 Å². The number of imidazole rings is 1. The number of aliphatic hydroxyl groups excluding tert-OH is 1. The molecule has 0 fully saturated rings. The van der Waals surface area contributed by atoms with Crippen LogP contribution in [-0.4, -0.2) is 20.8 Å². The molecule has 1 heterocycles. The Morgan fingerprint density at radius 3 is 2.50 bits per heavy atom. The molecule has 0 saturated carbocycles. The number of nitrogens with zero attached hydrogens (tertiary/aromatic N) is 2. The van der Waals surface area contributed by atoms with Gasteiger partial charge in [-0.05, 0) is 49.4 Å². The van der Waals surface area contributed by atoms with Crippen molar-refractivity contribution in [3.63, 3.8) is 0 Å². The zero-order valence-corrected chi connectivity index (χ0v) is 15.4. The monoisotopic (exact) mass is 400 g/mol. The van der Waals surface area contributed by atoms with E-state index in [-0.39, 0.29) is 12.1 Å². The zero-order chi connectivity index (χ0) is 18.9. The van der Waals surface area contributed by atoms with Crippen LogP contribution in [-0.2, 0) is 18.5 Å². The minimum absolute atomic E-state index is 0.262. The van der Waals surface area contributed by atoms with E-state index in [0.29, 0.717) is 22.1 Å². The molecule has 3 aromatic rings. The molecule has 0 aliphatic heterocycles. The lowest BCUT2D eigenvalue weighted by atomic mass is 10.2. The van der Waals surface area contributed by atoms with Crippen molar-refractivity contribution >= 4 is 34.4 Å². The van der Waals surface area contributed by atoms with Gasteiger partial charge in [0.2, 0.25) is 0 Å². The second-order valence-corrected chi connectivity index (χ2v) is 7.42. The van der Waals surface area contributed by atoms with Crippen molar-refractivity contribution in [1.29, 1.82) is 0 Å². The number of fused-ring (bicyclic) bond motifs is 1. The zero-order valence-electron chi connectivity index (χ0n) is 13.8. The first-order chi connectivity index (χ1) is 12.2. The van der Waals surface area contributed by atoms with Crippen LogP contribution in [0, 0.1) is 0 Å². The van der Waals surface area contributed by atoms with Gasteiger partial charge in [-0.15, -0.1) is 11.8 Å². The molecule has 0 spiro atoms. The van der Waals surface area contributed by atoms with E-state index in [2.05, 4.69) is 4.98 Å². The molecule has 0 bridgehead atoms. The predicted molar refractivity (Wildman–Crippen MR) is 97.4 cm³/mol. The van der Waals surface area contributed by atoms with E-state index in [1.807, 2.05) is 12.1 Å². The van der Waals surface area contributed by atoms with E-state index < -0.39 is 17.8 Å². The Morgan fingerprint density at radius 1 is 1.19 bits per heavy atom. The summed E-state index contributed by atoms with van der Waals surface area (Å²) in [6.07, 6.45) is -5.06. The largest absolute Gasteiger partial charge is 0.416 e. The molecule has 8 heteroatoms. The van der Waals surface area contributed by atoms with Crippen LogP contribution in [0.1, 0.15) is 18.3 Å². The van der Waals surface area contributed by atoms with E-state index in [1.54, 1.807) is 23.6 Å². The van der Waals surface area contributed by atoms with E-state index in [4.69, 9.17) is 11.6 Å². The van der Waals surface area contributed by atoms with Crippen molar-refractivity contribution < 1.29 is 18.3 Å². The molecule has 0 amide bonds. The summed E-state index contributed by atoms with van der Waals surface area (Å²) in [4.78, 5) is 5.35. The summed E-state index contributed by atoms with van der Waals surface area (Å²) in [6.45, 7) is 1.89. The average Bonchev–Trinajstić information content (AvgIpc) is 2.90. The maximum Gasteiger partial charge on any atom is 0.416 e. The molecule has 138 valence electrons. The summed E-state index contributed by atoms with van der Waals surface area (Å²) in [5.41, 5.74) is 0.112. The van der Waals surface area contributed by atoms with Crippen molar-refractivity contribution in [2.75, 3.05) is 0 Å². The van der Waals surface area contributed by atoms with Gasteiger partial charge in [-0.1, -0.05) is 11.6 Å². The van der Waals surface area contributed by atoms with Gasteiger partial charge in [-0.3, -0.25) is 0 Å². The number of hydrogen-bond donors (Lipinski definition) is 1. The van der Waals surface area contributed by atoms with Crippen LogP contribution < -0.4 is 0 Å². The summed E-state index contributed by atoms with van der Waals surface area (Å²) in [7, 11) is 0. The number of thioether (sulfide) groups is 1. The van der Waals surface area contributed by atoms with Gasteiger partial charge in [0.15, 0.2) is 0 Å². The molecule has 2 aromatic carbocycles. The average molecular weight is 401 g/mol. The molecule has 1 N–H and O–H groups in total. The van der Waals surface area contributed by atoms with Gasteiger partial charge in [0.1, 0.15) is 5.82 Å². The van der Waals surface area contributed by atoms with E-state index in [9.17, 15) is 18.3 Å². The Balaban J connectivity index is 1.95. The molecule has 3 nitrogen and oxygen atoms in total.